The lowest BCUT2D eigenvalue weighted by Gasteiger charge is -2.31. The molecule has 1 heterocycles. The second kappa shape index (κ2) is 6.19. The Morgan fingerprint density at radius 2 is 1.91 bits per heavy atom. The van der Waals surface area contributed by atoms with Crippen LogP contribution in [0.3, 0.4) is 0 Å². The highest BCUT2D eigenvalue weighted by atomic mass is 32.2. The van der Waals surface area contributed by atoms with Gasteiger partial charge in [-0.15, -0.1) is 11.8 Å². The Balaban J connectivity index is 2.11. The highest BCUT2D eigenvalue weighted by molar-refractivity contribution is 7.98. The smallest absolute Gasteiger partial charge is 0.427 e. The Morgan fingerprint density at radius 1 is 1.14 bits per heavy atom. The maximum Gasteiger partial charge on any atom is 0.471 e. The lowest BCUT2D eigenvalue weighted by Crippen LogP contribution is -2.52. The summed E-state index contributed by atoms with van der Waals surface area (Å²) >= 11 is 1.68. The van der Waals surface area contributed by atoms with Crippen molar-refractivity contribution in [2.45, 2.75) is 18.7 Å². The van der Waals surface area contributed by atoms with E-state index in [1.54, 1.807) is 16.7 Å². The first-order valence-electron chi connectivity index (χ1n) is 7.41. The molecule has 1 aliphatic heterocycles. The predicted octanol–water partition coefficient (Wildman–Crippen LogP) is 2.98. The molecule has 2 aromatic carbocycles. The molecule has 0 radical (unpaired) electrons. The number of anilines is 1. The molecule has 3 rings (SSSR count). The van der Waals surface area contributed by atoms with E-state index in [2.05, 4.69) is 26.0 Å². The van der Waals surface area contributed by atoms with Crippen LogP contribution in [-0.4, -0.2) is 24.0 Å². The summed E-state index contributed by atoms with van der Waals surface area (Å²) in [5, 5.41) is 15.5. The number of benzene rings is 2. The maximum atomic E-state index is 10.7. The Hall–Kier alpha value is -1.72. The fraction of sp³-hybridized carbons (Fsp3) is 0.235. The molecule has 1 N–H and O–H groups in total. The van der Waals surface area contributed by atoms with Gasteiger partial charge in [0, 0.05) is 10.6 Å². The third-order valence-electron chi connectivity index (χ3n) is 3.83. The summed E-state index contributed by atoms with van der Waals surface area (Å²) in [5.74, 6) is 0.292. The molecule has 0 unspecified atom stereocenters. The SMILES string of the molecule is CSc1cccc(N2N=C(C(C)C)c3ccccc3B2O)c1. The zero-order chi connectivity index (χ0) is 15.7. The summed E-state index contributed by atoms with van der Waals surface area (Å²) in [6.45, 7) is 4.26. The first-order chi connectivity index (χ1) is 10.6. The molecule has 112 valence electrons. The van der Waals surface area contributed by atoms with E-state index < -0.39 is 7.05 Å². The van der Waals surface area contributed by atoms with Gasteiger partial charge in [-0.05, 0) is 41.4 Å². The molecule has 0 amide bonds. The van der Waals surface area contributed by atoms with Crippen molar-refractivity contribution >= 4 is 35.7 Å². The third-order valence-corrected chi connectivity index (χ3v) is 4.55. The summed E-state index contributed by atoms with van der Waals surface area (Å²) in [5.41, 5.74) is 3.88. The molecule has 0 aliphatic carbocycles. The van der Waals surface area contributed by atoms with Gasteiger partial charge < -0.3 is 5.02 Å². The molecule has 0 saturated heterocycles. The van der Waals surface area contributed by atoms with E-state index in [0.717, 1.165) is 27.3 Å². The van der Waals surface area contributed by atoms with Crippen LogP contribution in [0, 0.1) is 5.92 Å². The minimum Gasteiger partial charge on any atom is -0.427 e. The summed E-state index contributed by atoms with van der Waals surface area (Å²) in [4.78, 5) is 2.88. The Kier molecular flexibility index (Phi) is 4.27. The molecule has 0 spiro atoms. The first-order valence-corrected chi connectivity index (χ1v) is 8.63. The van der Waals surface area contributed by atoms with Crippen LogP contribution < -0.4 is 10.4 Å². The lowest BCUT2D eigenvalue weighted by molar-refractivity contribution is 0.577. The van der Waals surface area contributed by atoms with Gasteiger partial charge in [-0.1, -0.05) is 44.2 Å². The van der Waals surface area contributed by atoms with Gasteiger partial charge in [0.25, 0.3) is 0 Å². The largest absolute Gasteiger partial charge is 0.471 e. The summed E-state index contributed by atoms with van der Waals surface area (Å²) in [7, 11) is -0.754. The van der Waals surface area contributed by atoms with Crippen LogP contribution in [0.1, 0.15) is 19.4 Å². The van der Waals surface area contributed by atoms with E-state index in [9.17, 15) is 5.02 Å². The molecular formula is C17H19BN2OS. The average Bonchev–Trinajstić information content (AvgIpc) is 2.55. The number of hydrogen-bond acceptors (Lipinski definition) is 4. The molecule has 0 atom stereocenters. The van der Waals surface area contributed by atoms with Crippen LogP contribution in [0.15, 0.2) is 58.5 Å². The monoisotopic (exact) mass is 310 g/mol. The normalized spacial score (nSPS) is 14.1. The molecular weight excluding hydrogens is 291 g/mol. The first kappa shape index (κ1) is 15.2. The van der Waals surface area contributed by atoms with Gasteiger partial charge in [-0.2, -0.15) is 5.10 Å². The average molecular weight is 310 g/mol. The van der Waals surface area contributed by atoms with Gasteiger partial charge in [0.15, 0.2) is 0 Å². The van der Waals surface area contributed by atoms with Gasteiger partial charge in [-0.25, -0.2) is 0 Å². The summed E-state index contributed by atoms with van der Waals surface area (Å²) in [6, 6.07) is 16.1. The van der Waals surface area contributed by atoms with Gasteiger partial charge in [0.05, 0.1) is 5.71 Å². The number of fused-ring (bicyclic) bond motifs is 1. The Labute approximate surface area is 136 Å². The van der Waals surface area contributed by atoms with Crippen molar-refractivity contribution in [1.29, 1.82) is 0 Å². The van der Waals surface area contributed by atoms with Crippen LogP contribution >= 0.6 is 11.8 Å². The fourth-order valence-corrected chi connectivity index (χ4v) is 3.14. The Bertz CT molecular complexity index is 717. The van der Waals surface area contributed by atoms with Gasteiger partial charge in [0.1, 0.15) is 0 Å². The minimum absolute atomic E-state index is 0.292. The predicted molar refractivity (Wildman–Crippen MR) is 96.1 cm³/mol. The third kappa shape index (κ3) is 2.66. The van der Waals surface area contributed by atoms with E-state index in [0.29, 0.717) is 5.92 Å². The van der Waals surface area contributed by atoms with Crippen molar-refractivity contribution in [3.05, 3.63) is 54.1 Å². The molecule has 2 aromatic rings. The fourth-order valence-electron chi connectivity index (χ4n) is 2.69. The van der Waals surface area contributed by atoms with Crippen LogP contribution in [0.4, 0.5) is 5.69 Å². The van der Waals surface area contributed by atoms with Gasteiger partial charge in [-0.3, -0.25) is 4.92 Å². The zero-order valence-corrected chi connectivity index (χ0v) is 13.8. The maximum absolute atomic E-state index is 10.7. The molecule has 0 saturated carbocycles. The minimum atomic E-state index is -0.754. The second-order valence-electron chi connectivity index (χ2n) is 5.65. The molecule has 0 fully saturated rings. The topological polar surface area (TPSA) is 35.8 Å². The number of rotatable bonds is 3. The van der Waals surface area contributed by atoms with Gasteiger partial charge >= 0.3 is 7.05 Å². The highest BCUT2D eigenvalue weighted by Crippen LogP contribution is 2.26. The Morgan fingerprint density at radius 3 is 2.64 bits per heavy atom. The number of hydrogen-bond donors (Lipinski definition) is 1. The standard InChI is InChI=1S/C17H19BN2OS/c1-12(2)17-15-9-4-5-10-16(15)18(21)20(19-17)13-7-6-8-14(11-13)22-3/h4-12,21H,1-3H3. The molecule has 22 heavy (non-hydrogen) atoms. The second-order valence-corrected chi connectivity index (χ2v) is 6.53. The number of thioether (sulfide) groups is 1. The van der Waals surface area contributed by atoms with Crippen molar-refractivity contribution in [1.82, 2.24) is 0 Å². The highest BCUT2D eigenvalue weighted by Gasteiger charge is 2.33. The van der Waals surface area contributed by atoms with Crippen LogP contribution in [0.2, 0.25) is 0 Å². The van der Waals surface area contributed by atoms with E-state index in [1.165, 1.54) is 0 Å². The van der Waals surface area contributed by atoms with Crippen molar-refractivity contribution < 1.29 is 5.02 Å². The summed E-state index contributed by atoms with van der Waals surface area (Å²) < 4.78 is 0. The number of hydrazone groups is 1. The quantitative estimate of drug-likeness (QED) is 0.699. The number of nitrogens with zero attached hydrogens (tertiary/aromatic N) is 2. The van der Waals surface area contributed by atoms with Crippen molar-refractivity contribution in [2.75, 3.05) is 11.2 Å². The zero-order valence-electron chi connectivity index (χ0n) is 13.0. The lowest BCUT2D eigenvalue weighted by atomic mass is 9.67. The molecule has 5 heteroatoms. The summed E-state index contributed by atoms with van der Waals surface area (Å²) in [6.07, 6.45) is 2.05. The molecule has 3 nitrogen and oxygen atoms in total. The van der Waals surface area contributed by atoms with Crippen LogP contribution in [0.25, 0.3) is 0 Å². The van der Waals surface area contributed by atoms with Crippen molar-refractivity contribution in [3.63, 3.8) is 0 Å². The van der Waals surface area contributed by atoms with E-state index in [1.807, 2.05) is 42.7 Å². The van der Waals surface area contributed by atoms with Crippen LogP contribution in [-0.2, 0) is 0 Å². The molecule has 0 bridgehead atoms. The molecule has 0 aromatic heterocycles. The van der Waals surface area contributed by atoms with Crippen molar-refractivity contribution in [3.8, 4) is 0 Å². The van der Waals surface area contributed by atoms with E-state index in [-0.39, 0.29) is 0 Å². The van der Waals surface area contributed by atoms with Gasteiger partial charge in [0.2, 0.25) is 0 Å². The van der Waals surface area contributed by atoms with Crippen LogP contribution in [0.5, 0.6) is 0 Å². The molecule has 1 aliphatic rings. The van der Waals surface area contributed by atoms with Crippen molar-refractivity contribution in [2.24, 2.45) is 11.0 Å². The van der Waals surface area contributed by atoms with E-state index >= 15 is 0 Å². The van der Waals surface area contributed by atoms with E-state index in [4.69, 9.17) is 5.10 Å².